The minimum atomic E-state index is -0.261. The molecule has 0 unspecified atom stereocenters. The standard InChI is InChI=1S/C28H22FN3S/c29-24-13-11-22(12-14-24)26-27(32-28(31-26)33-19-21-9-5-2-6-10-21)25-15-16-30-18-23(25)17-20-7-3-1-4-8-20/h1-16,18H,17,19H2,(H,31,32). The summed E-state index contributed by atoms with van der Waals surface area (Å²) in [6, 6.07) is 29.2. The molecule has 33 heavy (non-hydrogen) atoms. The first-order valence-electron chi connectivity index (χ1n) is 10.8. The van der Waals surface area contributed by atoms with Crippen LogP contribution in [0.2, 0.25) is 0 Å². The van der Waals surface area contributed by atoms with E-state index in [0.717, 1.165) is 45.4 Å². The summed E-state index contributed by atoms with van der Waals surface area (Å²) in [5.74, 6) is 0.548. The molecule has 0 aliphatic heterocycles. The zero-order chi connectivity index (χ0) is 22.5. The molecular formula is C28H22FN3S. The van der Waals surface area contributed by atoms with Gasteiger partial charge >= 0.3 is 0 Å². The molecule has 0 aliphatic carbocycles. The van der Waals surface area contributed by atoms with Crippen LogP contribution in [0.25, 0.3) is 22.5 Å². The molecule has 0 saturated heterocycles. The number of pyridine rings is 1. The van der Waals surface area contributed by atoms with Gasteiger partial charge in [-0.2, -0.15) is 0 Å². The third kappa shape index (κ3) is 5.04. The number of rotatable bonds is 7. The highest BCUT2D eigenvalue weighted by Crippen LogP contribution is 2.35. The maximum atomic E-state index is 13.6. The Kier molecular flexibility index (Phi) is 6.31. The van der Waals surface area contributed by atoms with Gasteiger partial charge in [0.25, 0.3) is 0 Å². The number of nitrogens with zero attached hydrogens (tertiary/aromatic N) is 2. The summed E-state index contributed by atoms with van der Waals surface area (Å²) >= 11 is 1.65. The van der Waals surface area contributed by atoms with Gasteiger partial charge in [-0.1, -0.05) is 72.4 Å². The Bertz CT molecular complexity index is 1330. The van der Waals surface area contributed by atoms with Gasteiger partial charge in [-0.25, -0.2) is 9.37 Å². The summed E-state index contributed by atoms with van der Waals surface area (Å²) in [7, 11) is 0. The molecule has 0 saturated carbocycles. The quantitative estimate of drug-likeness (QED) is 0.267. The van der Waals surface area contributed by atoms with Crippen molar-refractivity contribution in [3.05, 3.63) is 126 Å². The molecular weight excluding hydrogens is 429 g/mol. The Hall–Kier alpha value is -3.70. The number of hydrogen-bond acceptors (Lipinski definition) is 3. The maximum Gasteiger partial charge on any atom is 0.166 e. The average Bonchev–Trinajstić information content (AvgIpc) is 3.29. The largest absolute Gasteiger partial charge is 0.332 e. The molecule has 1 N–H and O–H groups in total. The van der Waals surface area contributed by atoms with Gasteiger partial charge in [0.1, 0.15) is 5.82 Å². The van der Waals surface area contributed by atoms with Crippen molar-refractivity contribution < 1.29 is 4.39 Å². The molecule has 0 atom stereocenters. The van der Waals surface area contributed by atoms with Crippen LogP contribution in [0.5, 0.6) is 0 Å². The molecule has 5 heteroatoms. The monoisotopic (exact) mass is 451 g/mol. The smallest absolute Gasteiger partial charge is 0.166 e. The number of aromatic amines is 1. The second-order valence-corrected chi connectivity index (χ2v) is 8.71. The van der Waals surface area contributed by atoms with Crippen molar-refractivity contribution in [3.63, 3.8) is 0 Å². The van der Waals surface area contributed by atoms with Crippen LogP contribution < -0.4 is 0 Å². The SMILES string of the molecule is Fc1ccc(-c2nc(SCc3ccccc3)[nH]c2-c2ccncc2Cc2ccccc2)cc1. The average molecular weight is 452 g/mol. The van der Waals surface area contributed by atoms with Crippen molar-refractivity contribution in [2.75, 3.05) is 0 Å². The number of imidazole rings is 1. The van der Waals surface area contributed by atoms with Crippen molar-refractivity contribution in [1.82, 2.24) is 15.0 Å². The van der Waals surface area contributed by atoms with Gasteiger partial charge in [-0.15, -0.1) is 0 Å². The van der Waals surface area contributed by atoms with Gasteiger partial charge in [0, 0.05) is 29.3 Å². The van der Waals surface area contributed by atoms with Crippen LogP contribution in [0.15, 0.2) is 109 Å². The molecule has 0 radical (unpaired) electrons. The summed E-state index contributed by atoms with van der Waals surface area (Å²) in [5, 5.41) is 0.829. The first-order valence-corrected chi connectivity index (χ1v) is 11.7. The van der Waals surface area contributed by atoms with E-state index in [9.17, 15) is 4.39 Å². The zero-order valence-corrected chi connectivity index (χ0v) is 18.7. The molecule has 3 aromatic carbocycles. The summed E-state index contributed by atoms with van der Waals surface area (Å²) in [6.45, 7) is 0. The van der Waals surface area contributed by atoms with Crippen molar-refractivity contribution in [1.29, 1.82) is 0 Å². The lowest BCUT2D eigenvalue weighted by atomic mass is 9.97. The van der Waals surface area contributed by atoms with Crippen molar-refractivity contribution >= 4 is 11.8 Å². The van der Waals surface area contributed by atoms with E-state index in [1.807, 2.05) is 48.7 Å². The number of thioether (sulfide) groups is 1. The number of aromatic nitrogens is 3. The molecule has 3 nitrogen and oxygen atoms in total. The lowest BCUT2D eigenvalue weighted by molar-refractivity contribution is 0.628. The second kappa shape index (κ2) is 9.84. The van der Waals surface area contributed by atoms with Crippen LogP contribution in [-0.2, 0) is 12.2 Å². The molecule has 0 aliphatic rings. The molecule has 0 bridgehead atoms. The van der Waals surface area contributed by atoms with Crippen molar-refractivity contribution in [3.8, 4) is 22.5 Å². The van der Waals surface area contributed by atoms with E-state index in [4.69, 9.17) is 4.98 Å². The van der Waals surface area contributed by atoms with Gasteiger partial charge in [-0.3, -0.25) is 4.98 Å². The van der Waals surface area contributed by atoms with Gasteiger partial charge in [0.05, 0.1) is 11.4 Å². The molecule has 162 valence electrons. The topological polar surface area (TPSA) is 41.6 Å². The number of halogens is 1. The number of nitrogens with one attached hydrogen (secondary N) is 1. The third-order valence-corrected chi connectivity index (χ3v) is 6.37. The molecule has 5 aromatic rings. The van der Waals surface area contributed by atoms with Crippen LogP contribution in [0.3, 0.4) is 0 Å². The molecule has 2 aromatic heterocycles. The Morgan fingerprint density at radius 2 is 1.48 bits per heavy atom. The van der Waals surface area contributed by atoms with E-state index >= 15 is 0 Å². The van der Waals surface area contributed by atoms with Gasteiger partial charge in [0.2, 0.25) is 0 Å². The fraction of sp³-hybridized carbons (Fsp3) is 0.0714. The van der Waals surface area contributed by atoms with Crippen LogP contribution >= 0.6 is 11.8 Å². The lowest BCUT2D eigenvalue weighted by Gasteiger charge is -2.10. The molecule has 2 heterocycles. The minimum Gasteiger partial charge on any atom is -0.332 e. The van der Waals surface area contributed by atoms with E-state index < -0.39 is 0 Å². The number of H-pyrrole nitrogens is 1. The first kappa shape index (κ1) is 21.2. The fourth-order valence-corrected chi connectivity index (χ4v) is 4.61. The Morgan fingerprint density at radius 1 is 0.788 bits per heavy atom. The zero-order valence-electron chi connectivity index (χ0n) is 17.9. The predicted octanol–water partition coefficient (Wildman–Crippen LogP) is 7.16. The van der Waals surface area contributed by atoms with E-state index in [1.54, 1.807) is 30.1 Å². The highest BCUT2D eigenvalue weighted by Gasteiger charge is 2.18. The molecule has 5 rings (SSSR count). The van der Waals surface area contributed by atoms with Gasteiger partial charge < -0.3 is 4.98 Å². The van der Waals surface area contributed by atoms with Crippen LogP contribution in [-0.4, -0.2) is 15.0 Å². The Morgan fingerprint density at radius 3 is 2.21 bits per heavy atom. The normalized spacial score (nSPS) is 10.9. The summed E-state index contributed by atoms with van der Waals surface area (Å²) in [6.07, 6.45) is 4.47. The molecule has 0 spiro atoms. The van der Waals surface area contributed by atoms with Crippen molar-refractivity contribution in [2.24, 2.45) is 0 Å². The highest BCUT2D eigenvalue weighted by molar-refractivity contribution is 7.98. The van der Waals surface area contributed by atoms with Gasteiger partial charge in [0.15, 0.2) is 5.16 Å². The fourth-order valence-electron chi connectivity index (χ4n) is 3.79. The Balaban J connectivity index is 1.54. The van der Waals surface area contributed by atoms with E-state index in [0.29, 0.717) is 0 Å². The Labute approximate surface area is 196 Å². The number of hydrogen-bond donors (Lipinski definition) is 1. The van der Waals surface area contributed by atoms with Crippen LogP contribution in [0.4, 0.5) is 4.39 Å². The van der Waals surface area contributed by atoms with Gasteiger partial charge in [-0.05, 0) is 53.4 Å². The maximum absolute atomic E-state index is 13.6. The van der Waals surface area contributed by atoms with E-state index in [-0.39, 0.29) is 5.82 Å². The second-order valence-electron chi connectivity index (χ2n) is 7.74. The lowest BCUT2D eigenvalue weighted by Crippen LogP contribution is -1.95. The predicted molar refractivity (Wildman–Crippen MR) is 132 cm³/mol. The summed E-state index contributed by atoms with van der Waals surface area (Å²) < 4.78 is 13.6. The third-order valence-electron chi connectivity index (χ3n) is 5.43. The minimum absolute atomic E-state index is 0.261. The van der Waals surface area contributed by atoms with Crippen LogP contribution in [0.1, 0.15) is 16.7 Å². The summed E-state index contributed by atoms with van der Waals surface area (Å²) in [5.41, 5.74) is 7.21. The number of benzene rings is 3. The van der Waals surface area contributed by atoms with Crippen molar-refractivity contribution in [2.45, 2.75) is 17.3 Å². The van der Waals surface area contributed by atoms with E-state index in [1.165, 1.54) is 23.3 Å². The summed E-state index contributed by atoms with van der Waals surface area (Å²) in [4.78, 5) is 12.8. The molecule has 0 fully saturated rings. The van der Waals surface area contributed by atoms with E-state index in [2.05, 4.69) is 34.2 Å². The molecule has 0 amide bonds. The first-order chi connectivity index (χ1) is 16.3. The van der Waals surface area contributed by atoms with Crippen LogP contribution in [0, 0.1) is 5.82 Å². The highest BCUT2D eigenvalue weighted by atomic mass is 32.2.